The Morgan fingerprint density at radius 3 is 2.56 bits per heavy atom. The highest BCUT2D eigenvalue weighted by Gasteiger charge is 2.30. The standard InChI is InChI=1S/C23H16F3N3O2S/c1-13-5-6-15(19(30)10-14-3-2-4-16(9-14)23(24,25)26)11-17(13)29-21(31)20-12-18-22(32-20)28-8-7-27-18/h2-9,11-12H,10H2,1H3,(H,29,31). The molecule has 32 heavy (non-hydrogen) atoms. The van der Waals surface area contributed by atoms with Gasteiger partial charge in [0.2, 0.25) is 0 Å². The van der Waals surface area contributed by atoms with Gasteiger partial charge in [-0.1, -0.05) is 30.3 Å². The molecule has 0 bridgehead atoms. The molecule has 0 unspecified atom stereocenters. The zero-order chi connectivity index (χ0) is 22.9. The van der Waals surface area contributed by atoms with E-state index in [1.165, 1.54) is 29.5 Å². The maximum Gasteiger partial charge on any atom is 0.416 e. The van der Waals surface area contributed by atoms with Gasteiger partial charge in [-0.05, 0) is 36.2 Å². The molecular weight excluding hydrogens is 439 g/mol. The number of hydrogen-bond donors (Lipinski definition) is 1. The molecule has 5 nitrogen and oxygen atoms in total. The highest BCUT2D eigenvalue weighted by atomic mass is 32.1. The van der Waals surface area contributed by atoms with Crippen LogP contribution in [0.2, 0.25) is 0 Å². The van der Waals surface area contributed by atoms with Crippen molar-refractivity contribution < 1.29 is 22.8 Å². The zero-order valence-corrected chi connectivity index (χ0v) is 17.6. The quantitative estimate of drug-likeness (QED) is 0.392. The van der Waals surface area contributed by atoms with Gasteiger partial charge in [0.1, 0.15) is 10.3 Å². The number of fused-ring (bicyclic) bond motifs is 1. The van der Waals surface area contributed by atoms with Crippen molar-refractivity contribution in [1.29, 1.82) is 0 Å². The average Bonchev–Trinajstić information content (AvgIpc) is 3.19. The minimum Gasteiger partial charge on any atom is -0.321 e. The maximum atomic E-state index is 12.9. The van der Waals surface area contributed by atoms with Gasteiger partial charge in [0.25, 0.3) is 5.91 Å². The molecule has 2 heterocycles. The van der Waals surface area contributed by atoms with Crippen LogP contribution in [0.3, 0.4) is 0 Å². The SMILES string of the molecule is Cc1ccc(C(=O)Cc2cccc(C(F)(F)F)c2)cc1NC(=O)c1cc2nccnc2s1. The summed E-state index contributed by atoms with van der Waals surface area (Å²) in [6.45, 7) is 1.78. The van der Waals surface area contributed by atoms with Gasteiger partial charge in [-0.15, -0.1) is 11.3 Å². The van der Waals surface area contributed by atoms with E-state index in [9.17, 15) is 22.8 Å². The van der Waals surface area contributed by atoms with Crippen LogP contribution in [-0.4, -0.2) is 21.7 Å². The Hall–Kier alpha value is -3.59. The van der Waals surface area contributed by atoms with Gasteiger partial charge < -0.3 is 5.32 Å². The number of rotatable bonds is 5. The van der Waals surface area contributed by atoms with Gasteiger partial charge in [0.05, 0.1) is 10.4 Å². The number of alkyl halides is 3. The summed E-state index contributed by atoms with van der Waals surface area (Å²) in [5, 5.41) is 2.79. The second kappa shape index (κ2) is 8.51. The minimum absolute atomic E-state index is 0.186. The van der Waals surface area contributed by atoms with E-state index < -0.39 is 11.7 Å². The Morgan fingerprint density at radius 2 is 1.81 bits per heavy atom. The second-order valence-electron chi connectivity index (χ2n) is 7.14. The average molecular weight is 455 g/mol. The van der Waals surface area contributed by atoms with Crippen LogP contribution in [0.5, 0.6) is 0 Å². The first-order valence-corrected chi connectivity index (χ1v) is 10.3. The summed E-state index contributed by atoms with van der Waals surface area (Å²) < 4.78 is 38.8. The monoisotopic (exact) mass is 455 g/mol. The van der Waals surface area contributed by atoms with E-state index in [2.05, 4.69) is 15.3 Å². The number of thiophene rings is 1. The molecule has 0 radical (unpaired) electrons. The molecule has 4 aromatic rings. The number of anilines is 1. The Bertz CT molecular complexity index is 1300. The van der Waals surface area contributed by atoms with Gasteiger partial charge in [0.15, 0.2) is 5.78 Å². The number of halogens is 3. The predicted molar refractivity (Wildman–Crippen MR) is 116 cm³/mol. The summed E-state index contributed by atoms with van der Waals surface area (Å²) in [6.07, 6.45) is -1.57. The molecule has 0 aliphatic carbocycles. The molecule has 0 saturated carbocycles. The van der Waals surface area contributed by atoms with Crippen molar-refractivity contribution in [2.24, 2.45) is 0 Å². The van der Waals surface area contributed by atoms with Crippen molar-refractivity contribution in [2.75, 3.05) is 5.32 Å². The fraction of sp³-hybridized carbons (Fsp3) is 0.130. The lowest BCUT2D eigenvalue weighted by atomic mass is 9.99. The molecule has 0 atom stereocenters. The molecule has 4 rings (SSSR count). The highest BCUT2D eigenvalue weighted by Crippen LogP contribution is 2.30. The molecule has 0 aliphatic heterocycles. The van der Waals surface area contributed by atoms with Crippen molar-refractivity contribution in [1.82, 2.24) is 9.97 Å². The Morgan fingerprint density at radius 1 is 1.03 bits per heavy atom. The number of carbonyl (C=O) groups excluding carboxylic acids is 2. The molecule has 0 saturated heterocycles. The first-order chi connectivity index (χ1) is 15.2. The van der Waals surface area contributed by atoms with Crippen molar-refractivity contribution in [2.45, 2.75) is 19.5 Å². The highest BCUT2D eigenvalue weighted by molar-refractivity contribution is 7.20. The summed E-state index contributed by atoms with van der Waals surface area (Å²) in [5.74, 6) is -0.713. The third-order valence-corrected chi connectivity index (χ3v) is 5.85. The van der Waals surface area contributed by atoms with Gasteiger partial charge in [0, 0.05) is 30.1 Å². The van der Waals surface area contributed by atoms with Gasteiger partial charge >= 0.3 is 6.18 Å². The van der Waals surface area contributed by atoms with Crippen molar-refractivity contribution in [3.8, 4) is 0 Å². The lowest BCUT2D eigenvalue weighted by molar-refractivity contribution is -0.137. The molecule has 9 heteroatoms. The molecular formula is C23H16F3N3O2S. The smallest absolute Gasteiger partial charge is 0.321 e. The Balaban J connectivity index is 1.53. The number of benzene rings is 2. The van der Waals surface area contributed by atoms with Crippen LogP contribution in [0.4, 0.5) is 18.9 Å². The fourth-order valence-electron chi connectivity index (χ4n) is 3.14. The zero-order valence-electron chi connectivity index (χ0n) is 16.7. The Labute approximate surface area is 185 Å². The summed E-state index contributed by atoms with van der Waals surface area (Å²) in [4.78, 5) is 34.8. The summed E-state index contributed by atoms with van der Waals surface area (Å²) in [5.41, 5.74) is 1.57. The van der Waals surface area contributed by atoms with Gasteiger partial charge in [-0.25, -0.2) is 4.98 Å². The normalized spacial score (nSPS) is 11.5. The third-order valence-electron chi connectivity index (χ3n) is 4.82. The molecule has 2 aromatic heterocycles. The number of nitrogens with one attached hydrogen (secondary N) is 1. The molecule has 1 N–H and O–H groups in total. The summed E-state index contributed by atoms with van der Waals surface area (Å²) >= 11 is 1.20. The van der Waals surface area contributed by atoms with Crippen LogP contribution in [0, 0.1) is 6.92 Å². The molecule has 0 aliphatic rings. The number of aryl methyl sites for hydroxylation is 1. The van der Waals surface area contributed by atoms with E-state index in [-0.39, 0.29) is 23.7 Å². The van der Waals surface area contributed by atoms with Crippen LogP contribution in [0.25, 0.3) is 10.3 Å². The fourth-order valence-corrected chi connectivity index (χ4v) is 3.99. The van der Waals surface area contributed by atoms with Crippen LogP contribution in [0.15, 0.2) is 60.9 Å². The number of ketones is 1. The first kappa shape index (κ1) is 21.6. The summed E-state index contributed by atoms with van der Waals surface area (Å²) in [7, 11) is 0. The van der Waals surface area contributed by atoms with E-state index in [0.717, 1.165) is 17.7 Å². The van der Waals surface area contributed by atoms with Crippen molar-refractivity contribution in [3.05, 3.63) is 88.1 Å². The second-order valence-corrected chi connectivity index (χ2v) is 8.17. The molecule has 162 valence electrons. The number of Topliss-reactive ketones (excluding diaryl/α,β-unsaturated/α-hetero) is 1. The number of hydrogen-bond acceptors (Lipinski definition) is 5. The summed E-state index contributed by atoms with van der Waals surface area (Å²) in [6, 6.07) is 11.1. The first-order valence-electron chi connectivity index (χ1n) is 9.52. The van der Waals surface area contributed by atoms with Crippen LogP contribution < -0.4 is 5.32 Å². The number of aromatic nitrogens is 2. The molecule has 0 fully saturated rings. The number of carbonyl (C=O) groups is 2. The van der Waals surface area contributed by atoms with E-state index in [1.54, 1.807) is 37.5 Å². The van der Waals surface area contributed by atoms with Crippen molar-refractivity contribution in [3.63, 3.8) is 0 Å². The van der Waals surface area contributed by atoms with Gasteiger partial charge in [-0.2, -0.15) is 13.2 Å². The molecule has 1 amide bonds. The van der Waals surface area contributed by atoms with E-state index in [4.69, 9.17) is 0 Å². The largest absolute Gasteiger partial charge is 0.416 e. The van der Waals surface area contributed by atoms with E-state index in [1.807, 2.05) is 0 Å². The molecule has 0 spiro atoms. The molecule has 2 aromatic carbocycles. The van der Waals surface area contributed by atoms with Crippen molar-refractivity contribution >= 4 is 39.1 Å². The maximum absolute atomic E-state index is 12.9. The topological polar surface area (TPSA) is 72.0 Å². The minimum atomic E-state index is -4.47. The Kier molecular flexibility index (Phi) is 5.75. The lowest BCUT2D eigenvalue weighted by Gasteiger charge is -2.11. The van der Waals surface area contributed by atoms with Crippen LogP contribution >= 0.6 is 11.3 Å². The third kappa shape index (κ3) is 4.67. The van der Waals surface area contributed by atoms with Gasteiger partial charge in [-0.3, -0.25) is 14.6 Å². The van der Waals surface area contributed by atoms with E-state index in [0.29, 0.717) is 26.5 Å². The van der Waals surface area contributed by atoms with E-state index >= 15 is 0 Å². The lowest BCUT2D eigenvalue weighted by Crippen LogP contribution is -2.12. The number of amides is 1. The number of nitrogens with zero attached hydrogens (tertiary/aromatic N) is 2. The van der Waals surface area contributed by atoms with Crippen LogP contribution in [0.1, 0.15) is 36.7 Å². The predicted octanol–water partition coefficient (Wildman–Crippen LogP) is 5.70. The van der Waals surface area contributed by atoms with Crippen LogP contribution in [-0.2, 0) is 12.6 Å².